The summed E-state index contributed by atoms with van der Waals surface area (Å²) in [5.74, 6) is 0.0772. The van der Waals surface area contributed by atoms with E-state index in [1.165, 1.54) is 18.6 Å². The third kappa shape index (κ3) is 2.51. The van der Waals surface area contributed by atoms with Gasteiger partial charge in [0.15, 0.2) is 0 Å². The Kier molecular flexibility index (Phi) is 3.96. The zero-order valence-corrected chi connectivity index (χ0v) is 12.8. The summed E-state index contributed by atoms with van der Waals surface area (Å²) in [5, 5.41) is 4.22. The molecule has 110 valence electrons. The minimum Gasteiger partial charge on any atom is -0.347 e. The van der Waals surface area contributed by atoms with E-state index in [0.717, 1.165) is 0 Å². The van der Waals surface area contributed by atoms with Crippen molar-refractivity contribution in [1.29, 1.82) is 0 Å². The molecular formula is C16H10Cl2FN3. The molecule has 3 nitrogen and oxygen atoms in total. The number of hydrogen-bond donors (Lipinski definition) is 1. The van der Waals surface area contributed by atoms with Crippen LogP contribution in [0.15, 0.2) is 49.4 Å². The summed E-state index contributed by atoms with van der Waals surface area (Å²) in [6.07, 6.45) is 2.88. The van der Waals surface area contributed by atoms with Gasteiger partial charge in [0, 0.05) is 5.56 Å². The first-order chi connectivity index (χ1) is 10.6. The van der Waals surface area contributed by atoms with Gasteiger partial charge in [-0.25, -0.2) is 14.4 Å². The third-order valence-corrected chi connectivity index (χ3v) is 3.94. The van der Waals surface area contributed by atoms with Crippen molar-refractivity contribution in [2.45, 2.75) is 0 Å². The lowest BCUT2D eigenvalue weighted by molar-refractivity contribution is 0.633. The van der Waals surface area contributed by atoms with Gasteiger partial charge in [0.25, 0.3) is 0 Å². The molecule has 1 N–H and O–H groups in total. The summed E-state index contributed by atoms with van der Waals surface area (Å²) in [7, 11) is 0. The molecule has 0 fully saturated rings. The SMILES string of the molecule is C=CNc1ncnc2ccc(F)c(-c3ccc(Cl)c(Cl)c3)c12. The van der Waals surface area contributed by atoms with E-state index in [0.29, 0.717) is 37.9 Å². The number of halogens is 3. The minimum atomic E-state index is -0.396. The minimum absolute atomic E-state index is 0.352. The van der Waals surface area contributed by atoms with E-state index in [1.807, 2.05) is 0 Å². The molecule has 3 aromatic rings. The first kappa shape index (κ1) is 14.8. The number of hydrogen-bond acceptors (Lipinski definition) is 3. The van der Waals surface area contributed by atoms with Crippen molar-refractivity contribution in [3.8, 4) is 11.1 Å². The predicted molar refractivity (Wildman–Crippen MR) is 88.8 cm³/mol. The Morgan fingerprint density at radius 1 is 1.09 bits per heavy atom. The van der Waals surface area contributed by atoms with Crippen molar-refractivity contribution in [3.05, 3.63) is 65.3 Å². The predicted octanol–water partition coefficient (Wildman–Crippen LogP) is 5.30. The molecule has 0 aliphatic heterocycles. The van der Waals surface area contributed by atoms with Gasteiger partial charge in [0.2, 0.25) is 0 Å². The monoisotopic (exact) mass is 333 g/mol. The van der Waals surface area contributed by atoms with Gasteiger partial charge in [-0.2, -0.15) is 0 Å². The Morgan fingerprint density at radius 2 is 1.91 bits per heavy atom. The molecule has 0 saturated carbocycles. The van der Waals surface area contributed by atoms with Crippen molar-refractivity contribution in [1.82, 2.24) is 9.97 Å². The van der Waals surface area contributed by atoms with Crippen LogP contribution >= 0.6 is 23.2 Å². The summed E-state index contributed by atoms with van der Waals surface area (Å²) in [6, 6.07) is 7.91. The summed E-state index contributed by atoms with van der Waals surface area (Å²) in [6.45, 7) is 3.61. The fourth-order valence-electron chi connectivity index (χ4n) is 2.27. The fourth-order valence-corrected chi connectivity index (χ4v) is 2.56. The van der Waals surface area contributed by atoms with Crippen LogP contribution in [0.25, 0.3) is 22.0 Å². The maximum atomic E-state index is 14.5. The lowest BCUT2D eigenvalue weighted by atomic mass is 10.00. The Bertz CT molecular complexity index is 881. The van der Waals surface area contributed by atoms with Crippen molar-refractivity contribution in [2.24, 2.45) is 0 Å². The normalized spacial score (nSPS) is 10.7. The molecule has 2 aromatic carbocycles. The molecule has 0 bridgehead atoms. The van der Waals surface area contributed by atoms with Gasteiger partial charge in [-0.15, -0.1) is 0 Å². The van der Waals surface area contributed by atoms with E-state index >= 15 is 0 Å². The van der Waals surface area contributed by atoms with Gasteiger partial charge >= 0.3 is 0 Å². The van der Waals surface area contributed by atoms with Gasteiger partial charge in [-0.1, -0.05) is 35.8 Å². The molecule has 0 aliphatic rings. The van der Waals surface area contributed by atoms with Gasteiger partial charge in [0.1, 0.15) is 18.0 Å². The number of nitrogens with one attached hydrogen (secondary N) is 1. The van der Waals surface area contributed by atoms with Crippen LogP contribution < -0.4 is 5.32 Å². The van der Waals surface area contributed by atoms with Crippen LogP contribution in [0.4, 0.5) is 10.2 Å². The maximum Gasteiger partial charge on any atom is 0.141 e. The third-order valence-electron chi connectivity index (χ3n) is 3.20. The molecule has 0 aliphatic carbocycles. The number of benzene rings is 2. The lowest BCUT2D eigenvalue weighted by Gasteiger charge is -2.12. The number of fused-ring (bicyclic) bond motifs is 1. The van der Waals surface area contributed by atoms with Crippen LogP contribution in [-0.4, -0.2) is 9.97 Å². The molecule has 1 heterocycles. The molecule has 3 rings (SSSR count). The molecule has 1 aromatic heterocycles. The second kappa shape index (κ2) is 5.91. The standard InChI is InChI=1S/C16H10Cl2FN3/c1-2-20-16-15-13(21-8-22-16)6-5-12(19)14(15)9-3-4-10(17)11(18)7-9/h2-8H,1H2,(H,20,21,22). The van der Waals surface area contributed by atoms with E-state index in [1.54, 1.807) is 24.3 Å². The lowest BCUT2D eigenvalue weighted by Crippen LogP contribution is -1.97. The van der Waals surface area contributed by atoms with Crippen molar-refractivity contribution in [2.75, 3.05) is 5.32 Å². The fraction of sp³-hybridized carbons (Fsp3) is 0. The van der Waals surface area contributed by atoms with Crippen LogP contribution in [0.2, 0.25) is 10.0 Å². The Balaban J connectivity index is 2.38. The molecule has 0 atom stereocenters. The second-order valence-electron chi connectivity index (χ2n) is 4.52. The Morgan fingerprint density at radius 3 is 2.64 bits per heavy atom. The number of rotatable bonds is 3. The van der Waals surface area contributed by atoms with E-state index in [-0.39, 0.29) is 0 Å². The number of anilines is 1. The first-order valence-corrected chi connectivity index (χ1v) is 7.13. The molecular weight excluding hydrogens is 324 g/mol. The smallest absolute Gasteiger partial charge is 0.141 e. The van der Waals surface area contributed by atoms with Gasteiger partial charge < -0.3 is 5.32 Å². The van der Waals surface area contributed by atoms with Crippen molar-refractivity contribution >= 4 is 39.9 Å². The molecule has 0 unspecified atom stereocenters. The quantitative estimate of drug-likeness (QED) is 0.706. The number of nitrogens with zero attached hydrogens (tertiary/aromatic N) is 2. The van der Waals surface area contributed by atoms with Crippen molar-refractivity contribution in [3.63, 3.8) is 0 Å². The van der Waals surface area contributed by atoms with Gasteiger partial charge in [-0.3, -0.25) is 0 Å². The first-order valence-electron chi connectivity index (χ1n) is 6.38. The van der Waals surface area contributed by atoms with Crippen LogP contribution in [-0.2, 0) is 0 Å². The number of aromatic nitrogens is 2. The summed E-state index contributed by atoms with van der Waals surface area (Å²) in [4.78, 5) is 8.32. The van der Waals surface area contributed by atoms with Crippen LogP contribution in [0.5, 0.6) is 0 Å². The maximum absolute atomic E-state index is 14.5. The van der Waals surface area contributed by atoms with E-state index in [2.05, 4.69) is 21.9 Å². The average molecular weight is 334 g/mol. The highest BCUT2D eigenvalue weighted by atomic mass is 35.5. The van der Waals surface area contributed by atoms with Crippen LogP contribution in [0.1, 0.15) is 0 Å². The largest absolute Gasteiger partial charge is 0.347 e. The highest BCUT2D eigenvalue weighted by Crippen LogP contribution is 2.36. The van der Waals surface area contributed by atoms with E-state index in [4.69, 9.17) is 23.2 Å². The van der Waals surface area contributed by atoms with E-state index in [9.17, 15) is 4.39 Å². The molecule has 22 heavy (non-hydrogen) atoms. The average Bonchev–Trinajstić information content (AvgIpc) is 2.51. The van der Waals surface area contributed by atoms with Crippen molar-refractivity contribution < 1.29 is 4.39 Å². The second-order valence-corrected chi connectivity index (χ2v) is 5.33. The van der Waals surface area contributed by atoms with E-state index < -0.39 is 5.82 Å². The van der Waals surface area contributed by atoms with Crippen LogP contribution in [0.3, 0.4) is 0 Å². The van der Waals surface area contributed by atoms with Gasteiger partial charge in [0.05, 0.1) is 20.9 Å². The molecule has 0 saturated heterocycles. The highest BCUT2D eigenvalue weighted by molar-refractivity contribution is 6.42. The molecule has 0 radical (unpaired) electrons. The summed E-state index contributed by atoms with van der Waals surface area (Å²) < 4.78 is 14.5. The Labute approximate surface area is 136 Å². The molecule has 0 spiro atoms. The Hall–Kier alpha value is -2.17. The molecule has 0 amide bonds. The van der Waals surface area contributed by atoms with Crippen LogP contribution in [0, 0.1) is 5.82 Å². The zero-order valence-electron chi connectivity index (χ0n) is 11.3. The highest BCUT2D eigenvalue weighted by Gasteiger charge is 2.15. The summed E-state index contributed by atoms with van der Waals surface area (Å²) >= 11 is 12.0. The zero-order chi connectivity index (χ0) is 15.7. The van der Waals surface area contributed by atoms with Gasteiger partial charge in [-0.05, 0) is 36.0 Å². The topological polar surface area (TPSA) is 37.8 Å². The summed E-state index contributed by atoms with van der Waals surface area (Å²) in [5.41, 5.74) is 1.57. The molecule has 6 heteroatoms.